The van der Waals surface area contributed by atoms with Gasteiger partial charge in [-0.3, -0.25) is 14.5 Å². The average molecular weight is 410 g/mol. The van der Waals surface area contributed by atoms with Crippen molar-refractivity contribution in [2.45, 2.75) is 19.4 Å². The maximum absolute atomic E-state index is 12.8. The number of carbonyl (C=O) groups excluding carboxylic acids is 1. The zero-order chi connectivity index (χ0) is 20.2. The molecule has 1 amide bonds. The van der Waals surface area contributed by atoms with E-state index >= 15 is 0 Å². The van der Waals surface area contributed by atoms with Crippen LogP contribution < -0.4 is 15.0 Å². The number of aromatic amines is 1. The standard InChI is InChI=1S/C21H23N5O2S/c1-28-16-10-8-15(9-11-16)20-23-24-21(29)26(20)14-19(27)22-17-6-2-3-7-18(17)25-12-4-5-13-25/h2-3,6-11H,4-5,12-14H2,1H3,(H,22,27)(H,24,29). The molecule has 8 heteroatoms. The van der Waals surface area contributed by atoms with Crippen LogP contribution in [0.3, 0.4) is 0 Å². The van der Waals surface area contributed by atoms with Crippen molar-refractivity contribution in [3.8, 4) is 17.1 Å². The summed E-state index contributed by atoms with van der Waals surface area (Å²) in [6, 6.07) is 15.4. The number of nitrogens with one attached hydrogen (secondary N) is 2. The topological polar surface area (TPSA) is 75.2 Å². The molecule has 3 aromatic rings. The summed E-state index contributed by atoms with van der Waals surface area (Å²) in [6.07, 6.45) is 2.36. The van der Waals surface area contributed by atoms with Crippen LogP contribution in [0.2, 0.25) is 0 Å². The van der Waals surface area contributed by atoms with E-state index in [9.17, 15) is 4.79 Å². The van der Waals surface area contributed by atoms with E-state index in [-0.39, 0.29) is 12.5 Å². The van der Waals surface area contributed by atoms with E-state index in [0.29, 0.717) is 10.6 Å². The molecule has 2 heterocycles. The number of aromatic nitrogens is 3. The maximum Gasteiger partial charge on any atom is 0.244 e. The summed E-state index contributed by atoms with van der Waals surface area (Å²) in [5.74, 6) is 1.22. The lowest BCUT2D eigenvalue weighted by Gasteiger charge is -2.21. The second-order valence-corrected chi connectivity index (χ2v) is 7.31. The van der Waals surface area contributed by atoms with Crippen LogP contribution in [0.25, 0.3) is 11.4 Å². The van der Waals surface area contributed by atoms with Crippen molar-refractivity contribution in [2.24, 2.45) is 0 Å². The second kappa shape index (κ2) is 8.48. The number of para-hydroxylation sites is 2. The minimum absolute atomic E-state index is 0.0744. The molecule has 150 valence electrons. The minimum atomic E-state index is -0.149. The lowest BCUT2D eigenvalue weighted by Crippen LogP contribution is -2.23. The highest BCUT2D eigenvalue weighted by Crippen LogP contribution is 2.29. The molecule has 29 heavy (non-hydrogen) atoms. The molecule has 1 aromatic heterocycles. The smallest absolute Gasteiger partial charge is 0.244 e. The molecule has 0 atom stereocenters. The van der Waals surface area contributed by atoms with Crippen LogP contribution in [-0.4, -0.2) is 40.9 Å². The number of amides is 1. The largest absolute Gasteiger partial charge is 0.497 e. The van der Waals surface area contributed by atoms with Crippen LogP contribution in [-0.2, 0) is 11.3 Å². The summed E-state index contributed by atoms with van der Waals surface area (Å²) < 4.78 is 7.30. The van der Waals surface area contributed by atoms with E-state index in [1.54, 1.807) is 11.7 Å². The molecule has 1 aliphatic heterocycles. The Morgan fingerprint density at radius 1 is 1.17 bits per heavy atom. The molecule has 0 saturated carbocycles. The average Bonchev–Trinajstić information content (AvgIpc) is 3.39. The third kappa shape index (κ3) is 4.17. The predicted octanol–water partition coefficient (Wildman–Crippen LogP) is 3.86. The molecule has 7 nitrogen and oxygen atoms in total. The third-order valence-corrected chi connectivity index (χ3v) is 5.34. The van der Waals surface area contributed by atoms with Crippen LogP contribution >= 0.6 is 12.2 Å². The molecule has 0 aliphatic carbocycles. The molecule has 2 N–H and O–H groups in total. The molecule has 4 rings (SSSR count). The third-order valence-electron chi connectivity index (χ3n) is 5.03. The highest BCUT2D eigenvalue weighted by atomic mass is 32.1. The first kappa shape index (κ1) is 19.2. The molecule has 2 aromatic carbocycles. The molecular weight excluding hydrogens is 386 g/mol. The van der Waals surface area contributed by atoms with Crippen molar-refractivity contribution < 1.29 is 9.53 Å². The lowest BCUT2D eigenvalue weighted by molar-refractivity contribution is -0.116. The van der Waals surface area contributed by atoms with E-state index in [4.69, 9.17) is 17.0 Å². The SMILES string of the molecule is COc1ccc(-c2n[nH]c(=S)n2CC(=O)Nc2ccccc2N2CCCC2)cc1. The number of nitrogens with zero attached hydrogens (tertiary/aromatic N) is 3. The Labute approximate surface area is 174 Å². The Hall–Kier alpha value is -3.13. The van der Waals surface area contributed by atoms with E-state index < -0.39 is 0 Å². The van der Waals surface area contributed by atoms with Crippen LogP contribution in [0.5, 0.6) is 5.75 Å². The van der Waals surface area contributed by atoms with Gasteiger partial charge >= 0.3 is 0 Å². The van der Waals surface area contributed by atoms with E-state index in [0.717, 1.165) is 35.8 Å². The van der Waals surface area contributed by atoms with Gasteiger partial charge in [0.2, 0.25) is 5.91 Å². The van der Waals surface area contributed by atoms with Crippen LogP contribution in [0, 0.1) is 4.77 Å². The van der Waals surface area contributed by atoms with Crippen molar-refractivity contribution in [2.75, 3.05) is 30.4 Å². The molecular formula is C21H23N5O2S. The maximum atomic E-state index is 12.8. The molecule has 1 aliphatic rings. The summed E-state index contributed by atoms with van der Waals surface area (Å²) in [7, 11) is 1.62. The van der Waals surface area contributed by atoms with Crippen LogP contribution in [0.4, 0.5) is 11.4 Å². The van der Waals surface area contributed by atoms with Crippen molar-refractivity contribution in [1.29, 1.82) is 0 Å². The normalized spacial score (nSPS) is 13.5. The summed E-state index contributed by atoms with van der Waals surface area (Å²) >= 11 is 5.35. The Bertz CT molecular complexity index is 1050. The Kier molecular flexibility index (Phi) is 5.62. The van der Waals surface area contributed by atoms with Gasteiger partial charge in [0.05, 0.1) is 18.5 Å². The summed E-state index contributed by atoms with van der Waals surface area (Å²) in [4.78, 5) is 15.1. The first-order valence-electron chi connectivity index (χ1n) is 9.59. The zero-order valence-electron chi connectivity index (χ0n) is 16.2. The van der Waals surface area contributed by atoms with Crippen molar-refractivity contribution in [3.05, 3.63) is 53.3 Å². The van der Waals surface area contributed by atoms with E-state index in [1.165, 1.54) is 12.8 Å². The van der Waals surface area contributed by atoms with Gasteiger partial charge in [-0.05, 0) is 61.5 Å². The lowest BCUT2D eigenvalue weighted by atomic mass is 10.2. The Morgan fingerprint density at radius 3 is 2.62 bits per heavy atom. The van der Waals surface area contributed by atoms with Crippen molar-refractivity contribution >= 4 is 29.5 Å². The fraction of sp³-hybridized carbons (Fsp3) is 0.286. The number of hydrogen-bond donors (Lipinski definition) is 2. The van der Waals surface area contributed by atoms with Gasteiger partial charge in [0, 0.05) is 18.7 Å². The van der Waals surface area contributed by atoms with Gasteiger partial charge in [0.15, 0.2) is 10.6 Å². The van der Waals surface area contributed by atoms with Gasteiger partial charge in [-0.15, -0.1) is 0 Å². The molecule has 1 fully saturated rings. The summed E-state index contributed by atoms with van der Waals surface area (Å²) in [6.45, 7) is 2.10. The van der Waals surface area contributed by atoms with E-state index in [1.807, 2.05) is 48.5 Å². The number of methoxy groups -OCH3 is 1. The minimum Gasteiger partial charge on any atom is -0.497 e. The Balaban J connectivity index is 1.54. The summed E-state index contributed by atoms with van der Waals surface area (Å²) in [5, 5.41) is 10.1. The van der Waals surface area contributed by atoms with Crippen LogP contribution in [0.1, 0.15) is 12.8 Å². The fourth-order valence-corrected chi connectivity index (χ4v) is 3.77. The number of H-pyrrole nitrogens is 1. The van der Waals surface area contributed by atoms with Gasteiger partial charge in [-0.1, -0.05) is 12.1 Å². The second-order valence-electron chi connectivity index (χ2n) is 6.93. The van der Waals surface area contributed by atoms with Gasteiger partial charge in [0.1, 0.15) is 12.3 Å². The number of anilines is 2. The molecule has 0 spiro atoms. The fourth-order valence-electron chi connectivity index (χ4n) is 3.57. The number of ether oxygens (including phenoxy) is 1. The van der Waals surface area contributed by atoms with Crippen molar-refractivity contribution in [1.82, 2.24) is 14.8 Å². The number of benzene rings is 2. The van der Waals surface area contributed by atoms with Crippen LogP contribution in [0.15, 0.2) is 48.5 Å². The molecule has 0 radical (unpaired) electrons. The van der Waals surface area contributed by atoms with Gasteiger partial charge in [-0.25, -0.2) is 0 Å². The molecule has 1 saturated heterocycles. The Morgan fingerprint density at radius 2 is 1.90 bits per heavy atom. The van der Waals surface area contributed by atoms with E-state index in [2.05, 4.69) is 20.4 Å². The highest BCUT2D eigenvalue weighted by molar-refractivity contribution is 7.71. The van der Waals surface area contributed by atoms with Gasteiger partial charge < -0.3 is 15.0 Å². The first-order valence-corrected chi connectivity index (χ1v) is 10.00. The quantitative estimate of drug-likeness (QED) is 0.605. The number of rotatable bonds is 6. The zero-order valence-corrected chi connectivity index (χ0v) is 17.0. The number of carbonyl (C=O) groups is 1. The predicted molar refractivity (Wildman–Crippen MR) is 116 cm³/mol. The highest BCUT2D eigenvalue weighted by Gasteiger charge is 2.18. The number of hydrogen-bond acceptors (Lipinski definition) is 5. The monoisotopic (exact) mass is 409 g/mol. The van der Waals surface area contributed by atoms with Gasteiger partial charge in [-0.2, -0.15) is 5.10 Å². The van der Waals surface area contributed by atoms with Gasteiger partial charge in [0.25, 0.3) is 0 Å². The summed E-state index contributed by atoms with van der Waals surface area (Å²) in [5.41, 5.74) is 2.73. The van der Waals surface area contributed by atoms with Crippen molar-refractivity contribution in [3.63, 3.8) is 0 Å². The molecule has 0 bridgehead atoms. The first-order chi connectivity index (χ1) is 14.2. The molecule has 0 unspecified atom stereocenters.